The second-order valence-corrected chi connectivity index (χ2v) is 7.33. The molecule has 27 heavy (non-hydrogen) atoms. The van der Waals surface area contributed by atoms with Gasteiger partial charge >= 0.3 is 0 Å². The molecule has 0 unspecified atom stereocenters. The predicted octanol–water partition coefficient (Wildman–Crippen LogP) is 2.08. The average molecular weight is 366 g/mol. The van der Waals surface area contributed by atoms with Gasteiger partial charge in [0, 0.05) is 43.7 Å². The van der Waals surface area contributed by atoms with Crippen molar-refractivity contribution in [3.63, 3.8) is 0 Å². The number of hydrogen-bond acceptors (Lipinski definition) is 5. The van der Waals surface area contributed by atoms with Crippen LogP contribution in [-0.4, -0.2) is 47.5 Å². The molecule has 1 N–H and O–H groups in total. The fraction of sp³-hybridized carbons (Fsp3) is 0.476. The molecule has 6 heteroatoms. The van der Waals surface area contributed by atoms with Crippen molar-refractivity contribution in [1.29, 1.82) is 0 Å². The normalized spacial score (nSPS) is 19.4. The number of amides is 1. The van der Waals surface area contributed by atoms with Crippen LogP contribution in [0.15, 0.2) is 30.5 Å². The van der Waals surface area contributed by atoms with E-state index in [-0.39, 0.29) is 5.91 Å². The highest BCUT2D eigenvalue weighted by Crippen LogP contribution is 2.23. The van der Waals surface area contributed by atoms with Crippen LogP contribution in [-0.2, 0) is 24.2 Å². The molecule has 0 bridgehead atoms. The SMILES string of the molecule is COc1ccc(CC(=O)N2CCc3nc([C@H]4CCCNC4)ncc3C2)cc1. The minimum Gasteiger partial charge on any atom is -0.497 e. The third kappa shape index (κ3) is 4.11. The average Bonchev–Trinajstić information content (AvgIpc) is 2.74. The highest BCUT2D eigenvalue weighted by molar-refractivity contribution is 5.79. The zero-order valence-corrected chi connectivity index (χ0v) is 15.8. The lowest BCUT2D eigenvalue weighted by atomic mass is 9.98. The van der Waals surface area contributed by atoms with Gasteiger partial charge in [-0.25, -0.2) is 9.97 Å². The molecule has 1 aromatic heterocycles. The van der Waals surface area contributed by atoms with E-state index in [4.69, 9.17) is 9.72 Å². The first-order valence-corrected chi connectivity index (χ1v) is 9.69. The molecule has 0 spiro atoms. The molecular formula is C21H26N4O2. The number of aromatic nitrogens is 2. The lowest BCUT2D eigenvalue weighted by molar-refractivity contribution is -0.131. The van der Waals surface area contributed by atoms with Crippen molar-refractivity contribution in [2.45, 2.75) is 38.1 Å². The monoisotopic (exact) mass is 366 g/mol. The van der Waals surface area contributed by atoms with Crippen molar-refractivity contribution in [2.24, 2.45) is 0 Å². The highest BCUT2D eigenvalue weighted by atomic mass is 16.5. The fourth-order valence-electron chi connectivity index (χ4n) is 3.84. The standard InChI is InChI=1S/C21H26N4O2/c1-27-18-6-4-15(5-7-18)11-20(26)25-10-8-19-17(14-25)13-23-21(24-19)16-3-2-9-22-12-16/h4-7,13,16,22H,2-3,8-12,14H2,1H3/t16-/m0/s1. The Balaban J connectivity index is 1.40. The van der Waals surface area contributed by atoms with E-state index in [1.807, 2.05) is 35.4 Å². The van der Waals surface area contributed by atoms with Gasteiger partial charge in [-0.15, -0.1) is 0 Å². The van der Waals surface area contributed by atoms with Crippen molar-refractivity contribution in [2.75, 3.05) is 26.7 Å². The van der Waals surface area contributed by atoms with Crippen molar-refractivity contribution in [3.05, 3.63) is 53.1 Å². The lowest BCUT2D eigenvalue weighted by Gasteiger charge is -2.29. The maximum absolute atomic E-state index is 12.7. The van der Waals surface area contributed by atoms with Gasteiger partial charge in [-0.05, 0) is 37.1 Å². The summed E-state index contributed by atoms with van der Waals surface area (Å²) >= 11 is 0. The number of carbonyl (C=O) groups excluding carboxylic acids is 1. The van der Waals surface area contributed by atoms with E-state index in [0.717, 1.165) is 60.9 Å². The molecular weight excluding hydrogens is 340 g/mol. The van der Waals surface area contributed by atoms with Gasteiger partial charge in [0.1, 0.15) is 11.6 Å². The van der Waals surface area contributed by atoms with Gasteiger partial charge in [0.15, 0.2) is 0 Å². The molecule has 0 aliphatic carbocycles. The smallest absolute Gasteiger partial charge is 0.227 e. The summed E-state index contributed by atoms with van der Waals surface area (Å²) in [5, 5.41) is 3.42. The Bertz CT molecular complexity index is 800. The van der Waals surface area contributed by atoms with Crippen LogP contribution in [0.5, 0.6) is 5.75 Å². The van der Waals surface area contributed by atoms with Crippen LogP contribution in [0.25, 0.3) is 0 Å². The molecule has 142 valence electrons. The van der Waals surface area contributed by atoms with E-state index in [1.54, 1.807) is 7.11 Å². The first-order chi connectivity index (χ1) is 13.2. The van der Waals surface area contributed by atoms with E-state index in [9.17, 15) is 4.79 Å². The maximum Gasteiger partial charge on any atom is 0.227 e. The Morgan fingerprint density at radius 1 is 1.33 bits per heavy atom. The molecule has 3 heterocycles. The molecule has 0 saturated carbocycles. The van der Waals surface area contributed by atoms with Crippen LogP contribution >= 0.6 is 0 Å². The number of carbonyl (C=O) groups is 1. The number of nitrogens with one attached hydrogen (secondary N) is 1. The molecule has 1 aromatic carbocycles. The Hall–Kier alpha value is -2.47. The fourth-order valence-corrected chi connectivity index (χ4v) is 3.84. The minimum absolute atomic E-state index is 0.145. The van der Waals surface area contributed by atoms with Gasteiger partial charge in [0.25, 0.3) is 0 Å². The van der Waals surface area contributed by atoms with E-state index in [1.165, 1.54) is 6.42 Å². The molecule has 1 fully saturated rings. The summed E-state index contributed by atoms with van der Waals surface area (Å²) in [5.41, 5.74) is 3.19. The largest absolute Gasteiger partial charge is 0.497 e. The summed E-state index contributed by atoms with van der Waals surface area (Å²) in [6.07, 6.45) is 5.47. The van der Waals surface area contributed by atoms with Crippen molar-refractivity contribution >= 4 is 5.91 Å². The number of fused-ring (bicyclic) bond motifs is 1. The third-order valence-electron chi connectivity index (χ3n) is 5.48. The highest BCUT2D eigenvalue weighted by Gasteiger charge is 2.24. The van der Waals surface area contributed by atoms with Crippen LogP contribution in [0, 0.1) is 0 Å². The van der Waals surface area contributed by atoms with Crippen LogP contribution in [0.4, 0.5) is 0 Å². The molecule has 1 atom stereocenters. The number of benzene rings is 1. The van der Waals surface area contributed by atoms with Gasteiger partial charge in [-0.3, -0.25) is 4.79 Å². The van der Waals surface area contributed by atoms with E-state index >= 15 is 0 Å². The first kappa shape index (κ1) is 17.9. The number of rotatable bonds is 4. The molecule has 2 aliphatic rings. The minimum atomic E-state index is 0.145. The Morgan fingerprint density at radius 3 is 2.93 bits per heavy atom. The maximum atomic E-state index is 12.7. The lowest BCUT2D eigenvalue weighted by Crippen LogP contribution is -2.38. The van der Waals surface area contributed by atoms with Gasteiger partial charge in [-0.2, -0.15) is 0 Å². The van der Waals surface area contributed by atoms with E-state index in [2.05, 4.69) is 10.3 Å². The van der Waals surface area contributed by atoms with Gasteiger partial charge < -0.3 is 15.0 Å². The van der Waals surface area contributed by atoms with Crippen molar-refractivity contribution < 1.29 is 9.53 Å². The summed E-state index contributed by atoms with van der Waals surface area (Å²) in [6.45, 7) is 3.38. The number of methoxy groups -OCH3 is 1. The number of piperidine rings is 1. The van der Waals surface area contributed by atoms with Gasteiger partial charge in [0.05, 0.1) is 19.2 Å². The van der Waals surface area contributed by atoms with Crippen LogP contribution in [0.2, 0.25) is 0 Å². The number of ether oxygens (including phenoxy) is 1. The summed E-state index contributed by atoms with van der Waals surface area (Å²) in [4.78, 5) is 24.0. The predicted molar refractivity (Wildman–Crippen MR) is 103 cm³/mol. The van der Waals surface area contributed by atoms with Gasteiger partial charge in [-0.1, -0.05) is 12.1 Å². The van der Waals surface area contributed by atoms with Crippen molar-refractivity contribution in [1.82, 2.24) is 20.2 Å². The second kappa shape index (κ2) is 8.05. The molecule has 2 aliphatic heterocycles. The van der Waals surface area contributed by atoms with Crippen LogP contribution < -0.4 is 10.1 Å². The Morgan fingerprint density at radius 2 is 2.19 bits per heavy atom. The number of hydrogen-bond donors (Lipinski definition) is 1. The Kier molecular flexibility index (Phi) is 5.34. The zero-order valence-electron chi connectivity index (χ0n) is 15.8. The van der Waals surface area contributed by atoms with Gasteiger partial charge in [0.2, 0.25) is 5.91 Å². The zero-order chi connectivity index (χ0) is 18.6. The number of nitrogens with zero attached hydrogens (tertiary/aromatic N) is 3. The van der Waals surface area contributed by atoms with Crippen LogP contribution in [0.3, 0.4) is 0 Å². The molecule has 1 saturated heterocycles. The van der Waals surface area contributed by atoms with E-state index < -0.39 is 0 Å². The van der Waals surface area contributed by atoms with Crippen LogP contribution in [0.1, 0.15) is 41.4 Å². The summed E-state index contributed by atoms with van der Waals surface area (Å²) in [7, 11) is 1.64. The molecule has 6 nitrogen and oxygen atoms in total. The third-order valence-corrected chi connectivity index (χ3v) is 5.48. The topological polar surface area (TPSA) is 67.3 Å². The molecule has 0 radical (unpaired) electrons. The summed E-state index contributed by atoms with van der Waals surface area (Å²) in [6, 6.07) is 7.68. The first-order valence-electron chi connectivity index (χ1n) is 9.69. The quantitative estimate of drug-likeness (QED) is 0.897. The molecule has 4 rings (SSSR count). The summed E-state index contributed by atoms with van der Waals surface area (Å²) in [5.74, 6) is 2.32. The van der Waals surface area contributed by atoms with Crippen molar-refractivity contribution in [3.8, 4) is 5.75 Å². The van der Waals surface area contributed by atoms with E-state index in [0.29, 0.717) is 18.9 Å². The Labute approximate surface area is 160 Å². The molecule has 2 aromatic rings. The molecule has 1 amide bonds. The second-order valence-electron chi connectivity index (χ2n) is 7.33. The summed E-state index contributed by atoms with van der Waals surface area (Å²) < 4.78 is 5.17.